The van der Waals surface area contributed by atoms with Crippen molar-refractivity contribution in [3.63, 3.8) is 0 Å². The van der Waals surface area contributed by atoms with E-state index in [1.165, 1.54) is 6.07 Å². The van der Waals surface area contributed by atoms with E-state index >= 15 is 0 Å². The number of nitrogens with zero attached hydrogens (tertiary/aromatic N) is 2. The Labute approximate surface area is 97.2 Å². The minimum absolute atomic E-state index is 0.510. The van der Waals surface area contributed by atoms with Gasteiger partial charge >= 0.3 is 6.36 Å². The summed E-state index contributed by atoms with van der Waals surface area (Å²) in [5.41, 5.74) is -2.37. The molecule has 0 bridgehead atoms. The number of aliphatic hydroxyl groups is 1. The van der Waals surface area contributed by atoms with Crippen LogP contribution in [0.1, 0.15) is 23.2 Å². The first-order valence-electron chi connectivity index (χ1n) is 4.37. The number of nitriles is 1. The van der Waals surface area contributed by atoms with Crippen molar-refractivity contribution < 1.29 is 31.8 Å². The molecular formula is C9H5F5N2O2. The first-order valence-corrected chi connectivity index (χ1v) is 4.37. The molecule has 1 aromatic heterocycles. The maximum atomic E-state index is 12.6. The predicted octanol–water partition coefficient (Wildman–Crippen LogP) is 2.28. The molecule has 0 radical (unpaired) electrons. The predicted molar refractivity (Wildman–Crippen MR) is 46.5 cm³/mol. The third-order valence-electron chi connectivity index (χ3n) is 1.84. The van der Waals surface area contributed by atoms with Gasteiger partial charge in [0.2, 0.25) is 5.88 Å². The Morgan fingerprint density at radius 2 is 2.06 bits per heavy atom. The molecule has 1 heterocycles. The van der Waals surface area contributed by atoms with Crippen molar-refractivity contribution in [3.05, 3.63) is 22.9 Å². The number of ether oxygens (including phenoxy) is 1. The van der Waals surface area contributed by atoms with Crippen LogP contribution in [0.25, 0.3) is 0 Å². The molecule has 0 aliphatic carbocycles. The molecule has 0 spiro atoms. The van der Waals surface area contributed by atoms with Crippen LogP contribution in [-0.4, -0.2) is 16.5 Å². The van der Waals surface area contributed by atoms with Crippen LogP contribution < -0.4 is 4.74 Å². The number of hydrogen-bond acceptors (Lipinski definition) is 4. The van der Waals surface area contributed by atoms with Gasteiger partial charge in [-0.3, -0.25) is 0 Å². The van der Waals surface area contributed by atoms with Crippen LogP contribution in [-0.2, 0) is 6.61 Å². The minimum atomic E-state index is -5.07. The van der Waals surface area contributed by atoms with Gasteiger partial charge in [-0.25, -0.2) is 13.8 Å². The quantitative estimate of drug-likeness (QED) is 0.854. The Kier molecular flexibility index (Phi) is 4.03. The van der Waals surface area contributed by atoms with Crippen molar-refractivity contribution in [1.29, 1.82) is 5.26 Å². The summed E-state index contributed by atoms with van der Waals surface area (Å²) >= 11 is 0. The third-order valence-corrected chi connectivity index (χ3v) is 1.84. The Bertz CT molecular complexity index is 481. The normalized spacial score (nSPS) is 11.4. The van der Waals surface area contributed by atoms with Gasteiger partial charge in [-0.15, -0.1) is 13.2 Å². The minimum Gasteiger partial charge on any atom is -0.392 e. The van der Waals surface area contributed by atoms with E-state index in [0.29, 0.717) is 6.07 Å². The SMILES string of the molecule is N#Cc1nc(OC(F)(F)F)cc(CO)c1C(F)F. The van der Waals surface area contributed by atoms with Crippen LogP contribution >= 0.6 is 0 Å². The highest BCUT2D eigenvalue weighted by atomic mass is 19.4. The molecule has 0 atom stereocenters. The largest absolute Gasteiger partial charge is 0.574 e. The molecule has 0 saturated heterocycles. The zero-order chi connectivity index (χ0) is 13.9. The number of pyridine rings is 1. The second-order valence-corrected chi connectivity index (χ2v) is 3.00. The van der Waals surface area contributed by atoms with Gasteiger partial charge in [0.25, 0.3) is 6.43 Å². The maximum Gasteiger partial charge on any atom is 0.574 e. The Hall–Kier alpha value is -1.95. The van der Waals surface area contributed by atoms with E-state index in [1.54, 1.807) is 0 Å². The van der Waals surface area contributed by atoms with Gasteiger partial charge in [-0.1, -0.05) is 0 Å². The Balaban J connectivity index is 3.32. The van der Waals surface area contributed by atoms with E-state index in [-0.39, 0.29) is 0 Å². The van der Waals surface area contributed by atoms with Crippen molar-refractivity contribution in [2.45, 2.75) is 19.4 Å². The van der Waals surface area contributed by atoms with Crippen molar-refractivity contribution >= 4 is 0 Å². The lowest BCUT2D eigenvalue weighted by Gasteiger charge is -2.12. The van der Waals surface area contributed by atoms with Gasteiger partial charge in [0.05, 0.1) is 12.2 Å². The zero-order valence-electron chi connectivity index (χ0n) is 8.50. The van der Waals surface area contributed by atoms with Crippen LogP contribution in [0.2, 0.25) is 0 Å². The summed E-state index contributed by atoms with van der Waals surface area (Å²) in [5.74, 6) is -1.08. The van der Waals surface area contributed by atoms with Crippen LogP contribution in [0.3, 0.4) is 0 Å². The summed E-state index contributed by atoms with van der Waals surface area (Å²) in [6.07, 6.45) is -8.21. The lowest BCUT2D eigenvalue weighted by Crippen LogP contribution is -2.19. The van der Waals surface area contributed by atoms with Crippen LogP contribution in [0, 0.1) is 11.3 Å². The molecule has 0 fully saturated rings. The van der Waals surface area contributed by atoms with Gasteiger partial charge in [0, 0.05) is 6.07 Å². The molecular weight excluding hydrogens is 263 g/mol. The Morgan fingerprint density at radius 1 is 1.44 bits per heavy atom. The van der Waals surface area contributed by atoms with E-state index in [0.717, 1.165) is 0 Å². The molecule has 0 aromatic carbocycles. The molecule has 1 rings (SSSR count). The average Bonchev–Trinajstić information content (AvgIpc) is 2.24. The van der Waals surface area contributed by atoms with Gasteiger partial charge < -0.3 is 9.84 Å². The number of rotatable bonds is 3. The molecule has 1 N–H and O–H groups in total. The van der Waals surface area contributed by atoms with E-state index in [4.69, 9.17) is 10.4 Å². The van der Waals surface area contributed by atoms with Crippen LogP contribution in [0.5, 0.6) is 5.88 Å². The first-order chi connectivity index (χ1) is 8.28. The van der Waals surface area contributed by atoms with Crippen molar-refractivity contribution in [1.82, 2.24) is 4.98 Å². The summed E-state index contributed by atoms with van der Waals surface area (Å²) in [6, 6.07) is 1.74. The fourth-order valence-electron chi connectivity index (χ4n) is 1.21. The highest BCUT2D eigenvalue weighted by Gasteiger charge is 2.33. The molecule has 0 unspecified atom stereocenters. The van der Waals surface area contributed by atoms with Crippen molar-refractivity contribution in [2.75, 3.05) is 0 Å². The van der Waals surface area contributed by atoms with Gasteiger partial charge in [-0.2, -0.15) is 5.26 Å². The second kappa shape index (κ2) is 5.14. The van der Waals surface area contributed by atoms with Crippen molar-refractivity contribution in [2.24, 2.45) is 0 Å². The lowest BCUT2D eigenvalue weighted by atomic mass is 10.1. The van der Waals surface area contributed by atoms with E-state index < -0.39 is 42.1 Å². The summed E-state index contributed by atoms with van der Waals surface area (Å²) in [6.45, 7) is -0.967. The summed E-state index contributed by atoms with van der Waals surface area (Å²) in [7, 11) is 0. The number of aromatic nitrogens is 1. The third kappa shape index (κ3) is 3.27. The molecule has 1 aromatic rings. The summed E-state index contributed by atoms with van der Waals surface area (Å²) in [4.78, 5) is 3.01. The van der Waals surface area contributed by atoms with Gasteiger partial charge in [0.15, 0.2) is 5.69 Å². The zero-order valence-corrected chi connectivity index (χ0v) is 8.50. The smallest absolute Gasteiger partial charge is 0.392 e. The van der Waals surface area contributed by atoms with E-state index in [9.17, 15) is 22.0 Å². The lowest BCUT2D eigenvalue weighted by molar-refractivity contribution is -0.276. The van der Waals surface area contributed by atoms with Crippen LogP contribution in [0.4, 0.5) is 22.0 Å². The van der Waals surface area contributed by atoms with Gasteiger partial charge in [0.1, 0.15) is 6.07 Å². The maximum absolute atomic E-state index is 12.6. The average molecular weight is 268 g/mol. The fraction of sp³-hybridized carbons (Fsp3) is 0.333. The molecule has 0 aliphatic rings. The first kappa shape index (κ1) is 14.1. The van der Waals surface area contributed by atoms with Gasteiger partial charge in [-0.05, 0) is 5.56 Å². The molecule has 0 aliphatic heterocycles. The second-order valence-electron chi connectivity index (χ2n) is 3.00. The Morgan fingerprint density at radius 3 is 2.44 bits per heavy atom. The number of hydrogen-bond donors (Lipinski definition) is 1. The topological polar surface area (TPSA) is 66.1 Å². The summed E-state index contributed by atoms with van der Waals surface area (Å²) in [5, 5.41) is 17.3. The standard InChI is InChI=1S/C9H5F5N2O2/c10-8(11)7-4(3-17)1-6(16-5(7)2-15)18-9(12,13)14/h1,8,17H,3H2. The monoisotopic (exact) mass is 268 g/mol. The number of halogens is 5. The van der Waals surface area contributed by atoms with E-state index in [2.05, 4.69) is 9.72 Å². The molecule has 0 saturated carbocycles. The summed E-state index contributed by atoms with van der Waals surface area (Å²) < 4.78 is 64.3. The van der Waals surface area contributed by atoms with Crippen molar-refractivity contribution in [3.8, 4) is 11.9 Å². The molecule has 0 amide bonds. The molecule has 4 nitrogen and oxygen atoms in total. The molecule has 9 heteroatoms. The van der Waals surface area contributed by atoms with Crippen LogP contribution in [0.15, 0.2) is 6.07 Å². The molecule has 18 heavy (non-hydrogen) atoms. The van der Waals surface area contributed by atoms with E-state index in [1.807, 2.05) is 0 Å². The number of alkyl halides is 5. The number of aliphatic hydroxyl groups excluding tert-OH is 1. The molecule has 98 valence electrons. The highest BCUT2D eigenvalue weighted by Crippen LogP contribution is 2.30. The highest BCUT2D eigenvalue weighted by molar-refractivity contribution is 5.41. The fourth-order valence-corrected chi connectivity index (χ4v) is 1.21.